The van der Waals surface area contributed by atoms with Crippen LogP contribution < -0.4 is 5.32 Å². The number of rotatable bonds is 2. The average molecular weight is 209 g/mol. The first kappa shape index (κ1) is 11.0. The van der Waals surface area contributed by atoms with Crippen LogP contribution in [0.4, 0.5) is 0 Å². The molecule has 0 bridgehead atoms. The van der Waals surface area contributed by atoms with Gasteiger partial charge in [-0.25, -0.2) is 0 Å². The summed E-state index contributed by atoms with van der Waals surface area (Å²) in [7, 11) is 0. The smallest absolute Gasteiger partial charge is 0.220 e. The van der Waals surface area contributed by atoms with E-state index in [0.29, 0.717) is 5.92 Å². The molecule has 0 aromatic heterocycles. The van der Waals surface area contributed by atoms with E-state index in [9.17, 15) is 4.79 Å². The molecule has 0 radical (unpaired) electrons. The molecule has 1 aliphatic heterocycles. The maximum atomic E-state index is 11.2. The molecule has 1 heterocycles. The Bertz CT molecular complexity index is 229. The van der Waals surface area contributed by atoms with Gasteiger partial charge >= 0.3 is 0 Å². The van der Waals surface area contributed by atoms with Crippen LogP contribution in [-0.4, -0.2) is 12.5 Å². The SMILES string of the molecule is CC(C)C1CCC(C2CNC(=O)C2)CC1. The van der Waals surface area contributed by atoms with Crippen LogP contribution in [-0.2, 0) is 4.79 Å². The van der Waals surface area contributed by atoms with E-state index in [1.807, 2.05) is 0 Å². The summed E-state index contributed by atoms with van der Waals surface area (Å²) in [6.07, 6.45) is 6.25. The van der Waals surface area contributed by atoms with Crippen molar-refractivity contribution in [3.63, 3.8) is 0 Å². The van der Waals surface area contributed by atoms with E-state index in [1.165, 1.54) is 25.7 Å². The Kier molecular flexibility index (Phi) is 3.32. The zero-order valence-electron chi connectivity index (χ0n) is 9.96. The Morgan fingerprint density at radius 1 is 1.13 bits per heavy atom. The molecule has 1 unspecified atom stereocenters. The molecule has 86 valence electrons. The highest BCUT2D eigenvalue weighted by Gasteiger charge is 2.32. The number of hydrogen-bond donors (Lipinski definition) is 1. The van der Waals surface area contributed by atoms with E-state index in [4.69, 9.17) is 0 Å². The molecule has 0 aromatic rings. The van der Waals surface area contributed by atoms with Crippen LogP contribution in [0.5, 0.6) is 0 Å². The predicted molar refractivity (Wildman–Crippen MR) is 61.4 cm³/mol. The van der Waals surface area contributed by atoms with E-state index in [0.717, 1.165) is 30.7 Å². The standard InChI is InChI=1S/C13H23NO/c1-9(2)10-3-5-11(6-4-10)12-7-13(15)14-8-12/h9-12H,3-8H2,1-2H3,(H,14,15). The molecule has 2 nitrogen and oxygen atoms in total. The monoisotopic (exact) mass is 209 g/mol. The molecule has 1 aliphatic carbocycles. The zero-order chi connectivity index (χ0) is 10.8. The van der Waals surface area contributed by atoms with Crippen molar-refractivity contribution in [2.75, 3.05) is 6.54 Å². The normalized spacial score (nSPS) is 37.0. The molecule has 1 amide bonds. The largest absolute Gasteiger partial charge is 0.356 e. The number of amides is 1. The third kappa shape index (κ3) is 2.53. The molecular weight excluding hydrogens is 186 g/mol. The van der Waals surface area contributed by atoms with Crippen LogP contribution in [0.1, 0.15) is 46.0 Å². The van der Waals surface area contributed by atoms with Gasteiger partial charge in [-0.05, 0) is 49.4 Å². The van der Waals surface area contributed by atoms with Crippen molar-refractivity contribution in [1.82, 2.24) is 5.32 Å². The van der Waals surface area contributed by atoms with E-state index in [1.54, 1.807) is 0 Å². The van der Waals surface area contributed by atoms with Crippen molar-refractivity contribution in [3.05, 3.63) is 0 Å². The van der Waals surface area contributed by atoms with Gasteiger partial charge < -0.3 is 5.32 Å². The van der Waals surface area contributed by atoms with Crippen molar-refractivity contribution < 1.29 is 4.79 Å². The first-order valence-corrected chi connectivity index (χ1v) is 6.43. The number of nitrogens with one attached hydrogen (secondary N) is 1. The van der Waals surface area contributed by atoms with Crippen molar-refractivity contribution >= 4 is 5.91 Å². The second-order valence-corrected chi connectivity index (χ2v) is 5.69. The Balaban J connectivity index is 1.80. The minimum absolute atomic E-state index is 0.269. The van der Waals surface area contributed by atoms with E-state index in [2.05, 4.69) is 19.2 Å². The minimum Gasteiger partial charge on any atom is -0.356 e. The third-order valence-corrected chi connectivity index (χ3v) is 4.43. The maximum Gasteiger partial charge on any atom is 0.220 e. The van der Waals surface area contributed by atoms with Gasteiger partial charge in [-0.2, -0.15) is 0 Å². The number of carbonyl (C=O) groups excluding carboxylic acids is 1. The van der Waals surface area contributed by atoms with E-state index < -0.39 is 0 Å². The van der Waals surface area contributed by atoms with Gasteiger partial charge in [0.1, 0.15) is 0 Å². The molecule has 1 atom stereocenters. The summed E-state index contributed by atoms with van der Waals surface area (Å²) >= 11 is 0. The second kappa shape index (κ2) is 4.54. The van der Waals surface area contributed by atoms with Gasteiger partial charge in [0.2, 0.25) is 5.91 Å². The van der Waals surface area contributed by atoms with Gasteiger partial charge in [0, 0.05) is 13.0 Å². The van der Waals surface area contributed by atoms with Crippen LogP contribution in [0, 0.1) is 23.7 Å². The summed E-state index contributed by atoms with van der Waals surface area (Å²) in [6, 6.07) is 0. The maximum absolute atomic E-state index is 11.2. The number of hydrogen-bond acceptors (Lipinski definition) is 1. The molecular formula is C13H23NO. The van der Waals surface area contributed by atoms with Gasteiger partial charge in [0.25, 0.3) is 0 Å². The first-order valence-electron chi connectivity index (χ1n) is 6.43. The molecule has 15 heavy (non-hydrogen) atoms. The molecule has 2 heteroatoms. The Labute approximate surface area is 92.8 Å². The summed E-state index contributed by atoms with van der Waals surface area (Å²) in [6.45, 7) is 5.62. The molecule has 1 saturated heterocycles. The fourth-order valence-electron chi connectivity index (χ4n) is 3.24. The Morgan fingerprint density at radius 2 is 1.80 bits per heavy atom. The Morgan fingerprint density at radius 3 is 2.27 bits per heavy atom. The summed E-state index contributed by atoms with van der Waals surface area (Å²) in [5.41, 5.74) is 0. The summed E-state index contributed by atoms with van der Waals surface area (Å²) in [4.78, 5) is 11.2. The van der Waals surface area contributed by atoms with Crippen molar-refractivity contribution in [2.24, 2.45) is 23.7 Å². The average Bonchev–Trinajstić information content (AvgIpc) is 2.65. The third-order valence-electron chi connectivity index (χ3n) is 4.43. The molecule has 2 rings (SSSR count). The van der Waals surface area contributed by atoms with Crippen LogP contribution in [0.25, 0.3) is 0 Å². The van der Waals surface area contributed by atoms with Crippen molar-refractivity contribution in [1.29, 1.82) is 0 Å². The van der Waals surface area contributed by atoms with E-state index in [-0.39, 0.29) is 5.91 Å². The molecule has 2 aliphatic rings. The molecule has 2 fully saturated rings. The second-order valence-electron chi connectivity index (χ2n) is 5.69. The molecule has 1 saturated carbocycles. The minimum atomic E-state index is 0.269. The predicted octanol–water partition coefficient (Wildman–Crippen LogP) is 2.58. The zero-order valence-corrected chi connectivity index (χ0v) is 9.96. The molecule has 0 aromatic carbocycles. The fraction of sp³-hybridized carbons (Fsp3) is 0.923. The van der Waals surface area contributed by atoms with Crippen LogP contribution in [0.2, 0.25) is 0 Å². The first-order chi connectivity index (χ1) is 7.16. The van der Waals surface area contributed by atoms with Crippen LogP contribution in [0.15, 0.2) is 0 Å². The van der Waals surface area contributed by atoms with Crippen LogP contribution in [0.3, 0.4) is 0 Å². The Hall–Kier alpha value is -0.530. The quantitative estimate of drug-likeness (QED) is 0.744. The molecule has 0 spiro atoms. The van der Waals surface area contributed by atoms with Crippen molar-refractivity contribution in [3.8, 4) is 0 Å². The lowest BCUT2D eigenvalue weighted by Gasteiger charge is -2.33. The summed E-state index contributed by atoms with van der Waals surface area (Å²) < 4.78 is 0. The fourth-order valence-corrected chi connectivity index (χ4v) is 3.24. The van der Waals surface area contributed by atoms with Gasteiger partial charge in [-0.3, -0.25) is 4.79 Å². The molecule has 1 N–H and O–H groups in total. The van der Waals surface area contributed by atoms with E-state index >= 15 is 0 Å². The van der Waals surface area contributed by atoms with Crippen molar-refractivity contribution in [2.45, 2.75) is 46.0 Å². The highest BCUT2D eigenvalue weighted by atomic mass is 16.1. The van der Waals surface area contributed by atoms with Crippen LogP contribution >= 0.6 is 0 Å². The van der Waals surface area contributed by atoms with Gasteiger partial charge in [0.15, 0.2) is 0 Å². The lowest BCUT2D eigenvalue weighted by molar-refractivity contribution is -0.119. The summed E-state index contributed by atoms with van der Waals surface area (Å²) in [5.74, 6) is 3.51. The lowest BCUT2D eigenvalue weighted by Crippen LogP contribution is -2.25. The summed E-state index contributed by atoms with van der Waals surface area (Å²) in [5, 5.41) is 2.96. The topological polar surface area (TPSA) is 29.1 Å². The van der Waals surface area contributed by atoms with Gasteiger partial charge in [0.05, 0.1) is 0 Å². The highest BCUT2D eigenvalue weighted by Crippen LogP contribution is 2.38. The van der Waals surface area contributed by atoms with Gasteiger partial charge in [-0.1, -0.05) is 13.8 Å². The lowest BCUT2D eigenvalue weighted by atomic mass is 9.72. The number of carbonyl (C=O) groups is 1. The van der Waals surface area contributed by atoms with Gasteiger partial charge in [-0.15, -0.1) is 0 Å². The highest BCUT2D eigenvalue weighted by molar-refractivity contribution is 5.78.